The fraction of sp³-hybridized carbons (Fsp3) is 0.583. The molecule has 2 heterocycles. The fourth-order valence-electron chi connectivity index (χ4n) is 2.12. The summed E-state index contributed by atoms with van der Waals surface area (Å²) < 4.78 is 7.12. The molecular formula is C12H18N2O2. The van der Waals surface area contributed by atoms with Crippen LogP contribution in [0.15, 0.2) is 18.3 Å². The lowest BCUT2D eigenvalue weighted by molar-refractivity contribution is 0.170. The molecule has 0 spiro atoms. The zero-order valence-corrected chi connectivity index (χ0v) is 9.82. The molecule has 0 radical (unpaired) electrons. The quantitative estimate of drug-likeness (QED) is 0.844. The first-order valence-corrected chi connectivity index (χ1v) is 5.70. The van der Waals surface area contributed by atoms with Gasteiger partial charge in [-0.2, -0.15) is 0 Å². The van der Waals surface area contributed by atoms with Gasteiger partial charge in [0.25, 0.3) is 0 Å². The Kier molecular flexibility index (Phi) is 2.90. The third-order valence-electron chi connectivity index (χ3n) is 3.43. The molecule has 1 atom stereocenters. The lowest BCUT2D eigenvalue weighted by Crippen LogP contribution is -2.43. The van der Waals surface area contributed by atoms with Crippen LogP contribution < -0.4 is 5.32 Å². The molecule has 4 heteroatoms. The van der Waals surface area contributed by atoms with Gasteiger partial charge in [0.15, 0.2) is 0 Å². The Morgan fingerprint density at radius 3 is 2.94 bits per heavy atom. The molecule has 1 aromatic rings. The summed E-state index contributed by atoms with van der Waals surface area (Å²) in [6.45, 7) is 2.58. The van der Waals surface area contributed by atoms with Crippen LogP contribution in [0.3, 0.4) is 0 Å². The highest BCUT2D eigenvalue weighted by Gasteiger charge is 2.37. The van der Waals surface area contributed by atoms with Gasteiger partial charge in [0, 0.05) is 18.9 Å². The van der Waals surface area contributed by atoms with E-state index in [1.807, 2.05) is 19.3 Å². The molecule has 0 bridgehead atoms. The maximum atomic E-state index is 11.1. The monoisotopic (exact) mass is 222 g/mol. The van der Waals surface area contributed by atoms with Crippen LogP contribution in [0.4, 0.5) is 4.79 Å². The summed E-state index contributed by atoms with van der Waals surface area (Å²) in [6.07, 6.45) is 4.54. The van der Waals surface area contributed by atoms with Gasteiger partial charge in [0.1, 0.15) is 6.61 Å². The molecule has 16 heavy (non-hydrogen) atoms. The van der Waals surface area contributed by atoms with Crippen molar-refractivity contribution < 1.29 is 9.53 Å². The largest absolute Gasteiger partial charge is 0.447 e. The number of cyclic esters (lactones) is 1. The minimum Gasteiger partial charge on any atom is -0.447 e. The predicted octanol–water partition coefficient (Wildman–Crippen LogP) is 1.85. The van der Waals surface area contributed by atoms with Crippen LogP contribution in [-0.2, 0) is 18.2 Å². The average molecular weight is 222 g/mol. The van der Waals surface area contributed by atoms with Crippen molar-refractivity contribution >= 4 is 6.09 Å². The van der Waals surface area contributed by atoms with Gasteiger partial charge in [0.2, 0.25) is 0 Å². The van der Waals surface area contributed by atoms with E-state index < -0.39 is 0 Å². The molecule has 1 amide bonds. The van der Waals surface area contributed by atoms with Gasteiger partial charge in [-0.15, -0.1) is 0 Å². The molecule has 0 aliphatic carbocycles. The smallest absolute Gasteiger partial charge is 0.407 e. The van der Waals surface area contributed by atoms with Gasteiger partial charge < -0.3 is 14.6 Å². The van der Waals surface area contributed by atoms with Crippen LogP contribution in [0.25, 0.3) is 0 Å². The highest BCUT2D eigenvalue weighted by Crippen LogP contribution is 2.23. The van der Waals surface area contributed by atoms with E-state index in [0.717, 1.165) is 19.3 Å². The summed E-state index contributed by atoms with van der Waals surface area (Å²) in [4.78, 5) is 11.1. The third-order valence-corrected chi connectivity index (χ3v) is 3.43. The van der Waals surface area contributed by atoms with Crippen LogP contribution in [0.2, 0.25) is 0 Å². The van der Waals surface area contributed by atoms with E-state index in [1.54, 1.807) is 0 Å². The first-order valence-electron chi connectivity index (χ1n) is 5.70. The molecule has 1 aliphatic rings. The number of aromatic nitrogens is 1. The number of alkyl carbamates (subject to hydrolysis) is 1. The van der Waals surface area contributed by atoms with Gasteiger partial charge in [0.05, 0.1) is 5.54 Å². The summed E-state index contributed by atoms with van der Waals surface area (Å²) in [5, 5.41) is 2.93. The SMILES string of the molecule is CC[C@@]1(CCc2cccn2C)COC(=O)N1. The van der Waals surface area contributed by atoms with Crippen molar-refractivity contribution in [3.05, 3.63) is 24.0 Å². The number of aryl methyl sites for hydroxylation is 2. The minimum absolute atomic E-state index is 0.165. The third kappa shape index (κ3) is 2.05. The first-order chi connectivity index (χ1) is 7.65. The number of hydrogen-bond donors (Lipinski definition) is 1. The summed E-state index contributed by atoms with van der Waals surface area (Å²) in [5.74, 6) is 0. The summed E-state index contributed by atoms with van der Waals surface area (Å²) in [5.41, 5.74) is 1.12. The standard InChI is InChI=1S/C12H18N2O2/c1-3-12(9-16-11(15)13-12)7-6-10-5-4-8-14(10)2/h4-5,8H,3,6-7,9H2,1-2H3,(H,13,15)/t12-/m1/s1. The van der Waals surface area contributed by atoms with E-state index in [9.17, 15) is 4.79 Å². The number of rotatable bonds is 4. The van der Waals surface area contributed by atoms with Crippen molar-refractivity contribution in [2.75, 3.05) is 6.61 Å². The zero-order chi connectivity index (χ0) is 11.6. The average Bonchev–Trinajstić information content (AvgIpc) is 2.83. The number of ether oxygens (including phenoxy) is 1. The molecule has 1 N–H and O–H groups in total. The zero-order valence-electron chi connectivity index (χ0n) is 9.82. The van der Waals surface area contributed by atoms with Crippen molar-refractivity contribution in [2.45, 2.75) is 31.7 Å². The fourth-order valence-corrected chi connectivity index (χ4v) is 2.12. The Balaban J connectivity index is 1.98. The van der Waals surface area contributed by atoms with Gasteiger partial charge in [-0.25, -0.2) is 4.79 Å². The molecule has 1 saturated heterocycles. The molecule has 88 valence electrons. The van der Waals surface area contributed by atoms with Crippen molar-refractivity contribution in [3.8, 4) is 0 Å². The summed E-state index contributed by atoms with van der Waals surface area (Å²) >= 11 is 0. The highest BCUT2D eigenvalue weighted by molar-refractivity contribution is 5.70. The molecule has 1 aromatic heterocycles. The van der Waals surface area contributed by atoms with Crippen LogP contribution in [0.5, 0.6) is 0 Å². The minimum atomic E-state index is -0.284. The molecule has 0 aromatic carbocycles. The van der Waals surface area contributed by atoms with Crippen LogP contribution >= 0.6 is 0 Å². The van der Waals surface area contributed by atoms with E-state index in [1.165, 1.54) is 5.69 Å². The Morgan fingerprint density at radius 1 is 1.62 bits per heavy atom. The van der Waals surface area contributed by atoms with Crippen molar-refractivity contribution in [2.24, 2.45) is 7.05 Å². The molecule has 4 nitrogen and oxygen atoms in total. The van der Waals surface area contributed by atoms with Gasteiger partial charge in [-0.05, 0) is 31.4 Å². The van der Waals surface area contributed by atoms with E-state index in [-0.39, 0.29) is 11.6 Å². The molecular weight excluding hydrogens is 204 g/mol. The first kappa shape index (κ1) is 11.0. The number of carbonyl (C=O) groups excluding carboxylic acids is 1. The van der Waals surface area contributed by atoms with E-state index in [4.69, 9.17) is 4.74 Å². The van der Waals surface area contributed by atoms with Crippen molar-refractivity contribution in [3.63, 3.8) is 0 Å². The highest BCUT2D eigenvalue weighted by atomic mass is 16.6. The lowest BCUT2D eigenvalue weighted by atomic mass is 9.91. The second kappa shape index (κ2) is 4.20. The number of nitrogens with zero attached hydrogens (tertiary/aromatic N) is 1. The number of amides is 1. The van der Waals surface area contributed by atoms with E-state index in [0.29, 0.717) is 6.61 Å². The number of hydrogen-bond acceptors (Lipinski definition) is 2. The van der Waals surface area contributed by atoms with E-state index >= 15 is 0 Å². The normalized spacial score (nSPS) is 24.2. The van der Waals surface area contributed by atoms with Crippen LogP contribution in [0, 0.1) is 0 Å². The summed E-state index contributed by atoms with van der Waals surface area (Å²) in [7, 11) is 2.04. The Morgan fingerprint density at radius 2 is 2.44 bits per heavy atom. The van der Waals surface area contributed by atoms with E-state index in [2.05, 4.69) is 22.9 Å². The van der Waals surface area contributed by atoms with Crippen LogP contribution in [-0.4, -0.2) is 22.8 Å². The maximum Gasteiger partial charge on any atom is 0.407 e. The van der Waals surface area contributed by atoms with Gasteiger partial charge in [-0.1, -0.05) is 6.92 Å². The number of carbonyl (C=O) groups is 1. The summed E-state index contributed by atoms with van der Waals surface area (Å²) in [6, 6.07) is 4.15. The molecule has 0 unspecified atom stereocenters. The lowest BCUT2D eigenvalue weighted by Gasteiger charge is -2.24. The molecule has 1 fully saturated rings. The van der Waals surface area contributed by atoms with Crippen molar-refractivity contribution in [1.29, 1.82) is 0 Å². The predicted molar refractivity (Wildman–Crippen MR) is 61.2 cm³/mol. The number of nitrogens with one attached hydrogen (secondary N) is 1. The molecule has 2 rings (SSSR count). The van der Waals surface area contributed by atoms with Gasteiger partial charge >= 0.3 is 6.09 Å². The van der Waals surface area contributed by atoms with Crippen molar-refractivity contribution in [1.82, 2.24) is 9.88 Å². The maximum absolute atomic E-state index is 11.1. The topological polar surface area (TPSA) is 43.3 Å². The second-order valence-electron chi connectivity index (χ2n) is 4.45. The molecule has 0 saturated carbocycles. The Labute approximate surface area is 95.6 Å². The Hall–Kier alpha value is -1.45. The van der Waals surface area contributed by atoms with Crippen LogP contribution in [0.1, 0.15) is 25.5 Å². The molecule has 1 aliphatic heterocycles. The van der Waals surface area contributed by atoms with Gasteiger partial charge in [-0.3, -0.25) is 0 Å². The second-order valence-corrected chi connectivity index (χ2v) is 4.45. The Bertz CT molecular complexity index is 386.